The van der Waals surface area contributed by atoms with E-state index in [4.69, 9.17) is 11.6 Å². The van der Waals surface area contributed by atoms with Crippen LogP contribution in [0.4, 0.5) is 18.9 Å². The van der Waals surface area contributed by atoms with Gasteiger partial charge in [0.25, 0.3) is 10.0 Å². The fourth-order valence-electron chi connectivity index (χ4n) is 1.72. The number of benzene rings is 2. The van der Waals surface area contributed by atoms with Gasteiger partial charge in [-0.15, -0.1) is 13.2 Å². The smallest absolute Gasteiger partial charge is 0.404 e. The molecule has 0 aliphatic rings. The van der Waals surface area contributed by atoms with Crippen LogP contribution >= 0.6 is 11.6 Å². The lowest BCUT2D eigenvalue weighted by atomic mass is 10.2. The van der Waals surface area contributed by atoms with Crippen LogP contribution in [0.5, 0.6) is 5.75 Å². The van der Waals surface area contributed by atoms with E-state index in [1.54, 1.807) is 19.1 Å². The maximum Gasteiger partial charge on any atom is 0.573 e. The van der Waals surface area contributed by atoms with E-state index in [2.05, 4.69) is 4.74 Å². The van der Waals surface area contributed by atoms with E-state index in [1.807, 2.05) is 4.72 Å². The Labute approximate surface area is 135 Å². The van der Waals surface area contributed by atoms with Crippen molar-refractivity contribution in [3.8, 4) is 5.75 Å². The Bertz CT molecular complexity index is 805. The topological polar surface area (TPSA) is 55.4 Å². The zero-order chi connectivity index (χ0) is 17.3. The lowest BCUT2D eigenvalue weighted by Crippen LogP contribution is -2.19. The third-order valence-electron chi connectivity index (χ3n) is 2.74. The molecule has 124 valence electrons. The van der Waals surface area contributed by atoms with Crippen LogP contribution in [0, 0.1) is 6.92 Å². The van der Waals surface area contributed by atoms with Crippen molar-refractivity contribution in [3.63, 3.8) is 0 Å². The first kappa shape index (κ1) is 17.4. The van der Waals surface area contributed by atoms with Crippen molar-refractivity contribution in [2.75, 3.05) is 4.72 Å². The number of anilines is 1. The molecular formula is C14H11ClF3NO3S. The zero-order valence-electron chi connectivity index (χ0n) is 11.7. The van der Waals surface area contributed by atoms with Gasteiger partial charge < -0.3 is 4.74 Å². The van der Waals surface area contributed by atoms with Crippen molar-refractivity contribution in [1.82, 2.24) is 0 Å². The molecule has 0 saturated carbocycles. The lowest BCUT2D eigenvalue weighted by Gasteiger charge is -2.15. The van der Waals surface area contributed by atoms with Gasteiger partial charge in [-0.1, -0.05) is 29.3 Å². The minimum absolute atomic E-state index is 0.0566. The SMILES string of the molecule is Cc1ccc(S(=O)(=O)Nc2cc(Cl)ccc2OC(F)(F)F)cc1. The Morgan fingerprint density at radius 1 is 1.09 bits per heavy atom. The molecule has 0 heterocycles. The van der Waals surface area contributed by atoms with E-state index in [1.165, 1.54) is 12.1 Å². The standard InChI is InChI=1S/C14H11ClF3NO3S/c1-9-2-5-11(6-3-9)23(20,21)19-12-8-10(15)4-7-13(12)22-14(16,17)18/h2-8,19H,1H3. The number of nitrogens with one attached hydrogen (secondary N) is 1. The van der Waals surface area contributed by atoms with Crippen molar-refractivity contribution in [2.24, 2.45) is 0 Å². The average molecular weight is 366 g/mol. The van der Waals surface area contributed by atoms with Crippen molar-refractivity contribution < 1.29 is 26.3 Å². The predicted octanol–water partition coefficient (Wildman–Crippen LogP) is 4.35. The fraction of sp³-hybridized carbons (Fsp3) is 0.143. The summed E-state index contributed by atoms with van der Waals surface area (Å²) in [5.74, 6) is -0.697. The van der Waals surface area contributed by atoms with Crippen LogP contribution < -0.4 is 9.46 Å². The monoisotopic (exact) mass is 365 g/mol. The largest absolute Gasteiger partial charge is 0.573 e. The van der Waals surface area contributed by atoms with Crippen molar-refractivity contribution in [2.45, 2.75) is 18.2 Å². The summed E-state index contributed by atoms with van der Waals surface area (Å²) in [5, 5.41) is 0.0566. The number of sulfonamides is 1. The Morgan fingerprint density at radius 2 is 1.70 bits per heavy atom. The molecule has 0 aromatic heterocycles. The number of alkyl halides is 3. The van der Waals surface area contributed by atoms with Crippen molar-refractivity contribution in [3.05, 3.63) is 53.1 Å². The summed E-state index contributed by atoms with van der Waals surface area (Å²) in [4.78, 5) is -0.0963. The Hall–Kier alpha value is -1.93. The number of rotatable bonds is 4. The molecule has 2 rings (SSSR count). The summed E-state index contributed by atoms with van der Waals surface area (Å²) in [5.41, 5.74) is 0.434. The summed E-state index contributed by atoms with van der Waals surface area (Å²) in [6.07, 6.45) is -4.96. The number of ether oxygens (including phenoxy) is 1. The number of halogens is 4. The Balaban J connectivity index is 2.38. The van der Waals surface area contributed by atoms with E-state index in [9.17, 15) is 21.6 Å². The van der Waals surface area contributed by atoms with E-state index < -0.39 is 27.8 Å². The van der Waals surface area contributed by atoms with E-state index in [0.29, 0.717) is 0 Å². The van der Waals surface area contributed by atoms with Gasteiger partial charge in [-0.05, 0) is 37.3 Å². The van der Waals surface area contributed by atoms with Crippen LogP contribution in [-0.2, 0) is 10.0 Å². The molecular weight excluding hydrogens is 355 g/mol. The molecule has 2 aromatic carbocycles. The maximum atomic E-state index is 12.4. The molecule has 0 atom stereocenters. The molecule has 0 spiro atoms. The van der Waals surface area contributed by atoms with Crippen LogP contribution in [-0.4, -0.2) is 14.8 Å². The van der Waals surface area contributed by atoms with Gasteiger partial charge in [-0.2, -0.15) is 0 Å². The number of hydrogen-bond acceptors (Lipinski definition) is 3. The van der Waals surface area contributed by atoms with Crippen LogP contribution in [0.2, 0.25) is 5.02 Å². The zero-order valence-corrected chi connectivity index (χ0v) is 13.3. The molecule has 1 N–H and O–H groups in total. The summed E-state index contributed by atoms with van der Waals surface area (Å²) in [6, 6.07) is 8.95. The van der Waals surface area contributed by atoms with Crippen LogP contribution in [0.3, 0.4) is 0 Å². The minimum atomic E-state index is -4.96. The Morgan fingerprint density at radius 3 is 2.26 bits per heavy atom. The first-order valence-electron chi connectivity index (χ1n) is 6.22. The molecule has 0 radical (unpaired) electrons. The van der Waals surface area contributed by atoms with Gasteiger partial charge in [0.2, 0.25) is 0 Å². The van der Waals surface area contributed by atoms with Crippen molar-refractivity contribution in [1.29, 1.82) is 0 Å². The molecule has 4 nitrogen and oxygen atoms in total. The minimum Gasteiger partial charge on any atom is -0.404 e. The van der Waals surface area contributed by atoms with Gasteiger partial charge in [0, 0.05) is 5.02 Å². The highest BCUT2D eigenvalue weighted by Gasteiger charge is 2.32. The third kappa shape index (κ3) is 4.77. The molecule has 0 aliphatic carbocycles. The molecule has 2 aromatic rings. The summed E-state index contributed by atoms with van der Waals surface area (Å²) < 4.78 is 67.5. The predicted molar refractivity (Wildman–Crippen MR) is 80.1 cm³/mol. The van der Waals surface area contributed by atoms with Gasteiger partial charge in [-0.25, -0.2) is 8.42 Å². The van der Waals surface area contributed by atoms with Gasteiger partial charge in [0.15, 0.2) is 5.75 Å². The van der Waals surface area contributed by atoms with Gasteiger partial charge in [0.05, 0.1) is 10.6 Å². The summed E-state index contributed by atoms with van der Waals surface area (Å²) in [7, 11) is -4.08. The van der Waals surface area contributed by atoms with E-state index >= 15 is 0 Å². The molecule has 23 heavy (non-hydrogen) atoms. The molecule has 0 fully saturated rings. The fourth-order valence-corrected chi connectivity index (χ4v) is 2.95. The highest BCUT2D eigenvalue weighted by atomic mass is 35.5. The molecule has 0 bridgehead atoms. The molecule has 0 aliphatic heterocycles. The molecule has 9 heteroatoms. The Kier molecular flexibility index (Phi) is 4.76. The first-order valence-corrected chi connectivity index (χ1v) is 8.08. The lowest BCUT2D eigenvalue weighted by molar-refractivity contribution is -0.274. The third-order valence-corrected chi connectivity index (χ3v) is 4.36. The summed E-state index contributed by atoms with van der Waals surface area (Å²) in [6.45, 7) is 1.77. The average Bonchev–Trinajstić information content (AvgIpc) is 2.41. The van der Waals surface area contributed by atoms with Gasteiger partial charge in [0.1, 0.15) is 0 Å². The number of hydrogen-bond donors (Lipinski definition) is 1. The quantitative estimate of drug-likeness (QED) is 0.876. The van der Waals surface area contributed by atoms with E-state index in [0.717, 1.165) is 23.8 Å². The normalized spacial score (nSPS) is 12.0. The maximum absolute atomic E-state index is 12.4. The summed E-state index contributed by atoms with van der Waals surface area (Å²) >= 11 is 5.71. The second-order valence-electron chi connectivity index (χ2n) is 4.61. The molecule has 0 saturated heterocycles. The number of aryl methyl sites for hydroxylation is 1. The van der Waals surface area contributed by atoms with E-state index in [-0.39, 0.29) is 9.92 Å². The van der Waals surface area contributed by atoms with Crippen LogP contribution in [0.1, 0.15) is 5.56 Å². The van der Waals surface area contributed by atoms with Gasteiger partial charge >= 0.3 is 6.36 Å². The highest BCUT2D eigenvalue weighted by Crippen LogP contribution is 2.33. The second-order valence-corrected chi connectivity index (χ2v) is 6.73. The van der Waals surface area contributed by atoms with Gasteiger partial charge in [-0.3, -0.25) is 4.72 Å². The molecule has 0 amide bonds. The van der Waals surface area contributed by atoms with Crippen molar-refractivity contribution >= 4 is 27.3 Å². The van der Waals surface area contributed by atoms with Crippen LogP contribution in [0.15, 0.2) is 47.4 Å². The van der Waals surface area contributed by atoms with Crippen LogP contribution in [0.25, 0.3) is 0 Å². The first-order chi connectivity index (χ1) is 10.6. The highest BCUT2D eigenvalue weighted by molar-refractivity contribution is 7.92. The second kappa shape index (κ2) is 6.29. The molecule has 0 unspecified atom stereocenters.